The second-order valence-electron chi connectivity index (χ2n) is 5.85. The SMILES string of the molecule is Cc1ncc(CO)c(CN)c1O.O=C(O)C(=O)Cc1cc2ccccc2[nH]1. The number of fused-ring (bicyclic) bond motifs is 1. The van der Waals surface area contributed by atoms with E-state index in [0.717, 1.165) is 10.9 Å². The number of benzene rings is 1. The van der Waals surface area contributed by atoms with E-state index in [4.69, 9.17) is 15.9 Å². The Morgan fingerprint density at radius 2 is 1.96 bits per heavy atom. The molecular formula is C19H21N3O5. The second-order valence-corrected chi connectivity index (χ2v) is 5.85. The lowest BCUT2D eigenvalue weighted by Gasteiger charge is -2.08. The average Bonchev–Trinajstić information content (AvgIpc) is 3.06. The van der Waals surface area contributed by atoms with Crippen LogP contribution >= 0.6 is 0 Å². The molecule has 0 aliphatic carbocycles. The summed E-state index contributed by atoms with van der Waals surface area (Å²) in [4.78, 5) is 28.2. The highest BCUT2D eigenvalue weighted by Gasteiger charge is 2.13. The maximum atomic E-state index is 11.0. The molecule has 0 unspecified atom stereocenters. The highest BCUT2D eigenvalue weighted by molar-refractivity contribution is 6.33. The standard InChI is InChI=1S/C11H9NO3.C8H12N2O2/c13-10(11(14)15)6-8-5-7-3-1-2-4-9(7)12-8;1-5-8(12)7(2-9)6(4-11)3-10-5/h1-5,12H,6H2,(H,14,15);3,11-12H,2,4,9H2,1H3. The number of aromatic amines is 1. The number of aromatic hydroxyl groups is 1. The molecule has 0 bridgehead atoms. The van der Waals surface area contributed by atoms with Gasteiger partial charge in [-0.05, 0) is 24.4 Å². The van der Waals surface area contributed by atoms with Gasteiger partial charge in [0.05, 0.1) is 18.7 Å². The van der Waals surface area contributed by atoms with Crippen LogP contribution in [0.2, 0.25) is 0 Å². The topological polar surface area (TPSA) is 150 Å². The lowest BCUT2D eigenvalue weighted by molar-refractivity contribution is -0.148. The number of aliphatic hydroxyl groups excluding tert-OH is 1. The minimum atomic E-state index is -1.39. The maximum absolute atomic E-state index is 11.0. The number of ketones is 1. The number of carboxylic acids is 1. The van der Waals surface area contributed by atoms with Crippen LogP contribution in [0.4, 0.5) is 0 Å². The largest absolute Gasteiger partial charge is 0.506 e. The number of aromatic nitrogens is 2. The van der Waals surface area contributed by atoms with Gasteiger partial charge in [0.15, 0.2) is 0 Å². The fourth-order valence-corrected chi connectivity index (χ4v) is 2.53. The molecule has 3 aromatic rings. The summed E-state index contributed by atoms with van der Waals surface area (Å²) in [5, 5.41) is 27.7. The molecule has 0 aliphatic heterocycles. The lowest BCUT2D eigenvalue weighted by Crippen LogP contribution is -2.15. The number of H-pyrrole nitrogens is 1. The highest BCUT2D eigenvalue weighted by atomic mass is 16.4. The number of carbonyl (C=O) groups is 2. The molecule has 2 heterocycles. The Bertz CT molecular complexity index is 932. The van der Waals surface area contributed by atoms with E-state index < -0.39 is 11.8 Å². The number of hydrogen-bond acceptors (Lipinski definition) is 6. The third-order valence-corrected chi connectivity index (χ3v) is 3.98. The first-order valence-electron chi connectivity index (χ1n) is 8.17. The molecular weight excluding hydrogens is 350 g/mol. The Morgan fingerprint density at radius 3 is 2.56 bits per heavy atom. The molecule has 27 heavy (non-hydrogen) atoms. The van der Waals surface area contributed by atoms with Gasteiger partial charge in [0.25, 0.3) is 0 Å². The van der Waals surface area contributed by atoms with E-state index >= 15 is 0 Å². The summed E-state index contributed by atoms with van der Waals surface area (Å²) < 4.78 is 0. The maximum Gasteiger partial charge on any atom is 0.372 e. The highest BCUT2D eigenvalue weighted by Crippen LogP contribution is 2.22. The number of hydrogen-bond donors (Lipinski definition) is 5. The van der Waals surface area contributed by atoms with Crippen molar-refractivity contribution in [2.75, 3.05) is 0 Å². The number of carboxylic acid groups (broad SMARTS) is 1. The van der Waals surface area contributed by atoms with E-state index in [0.29, 0.717) is 22.5 Å². The van der Waals surface area contributed by atoms with E-state index in [1.165, 1.54) is 6.20 Å². The molecule has 2 aromatic heterocycles. The van der Waals surface area contributed by atoms with Gasteiger partial charge in [-0.2, -0.15) is 0 Å². The number of aryl methyl sites for hydroxylation is 1. The fourth-order valence-electron chi connectivity index (χ4n) is 2.53. The molecule has 142 valence electrons. The molecule has 0 atom stereocenters. The predicted octanol–water partition coefficient (Wildman–Crippen LogP) is 1.41. The summed E-state index contributed by atoms with van der Waals surface area (Å²) >= 11 is 0. The van der Waals surface area contributed by atoms with Gasteiger partial charge in [-0.25, -0.2) is 4.79 Å². The summed E-state index contributed by atoms with van der Waals surface area (Å²) in [6.45, 7) is 1.76. The summed E-state index contributed by atoms with van der Waals surface area (Å²) in [5.41, 5.74) is 8.63. The summed E-state index contributed by atoms with van der Waals surface area (Å²) in [6.07, 6.45) is 1.43. The Balaban J connectivity index is 0.000000199. The smallest absolute Gasteiger partial charge is 0.372 e. The third kappa shape index (κ3) is 4.90. The number of pyridine rings is 1. The monoisotopic (exact) mass is 371 g/mol. The Labute approximate surface area is 155 Å². The number of nitrogens with two attached hydrogens (primary N) is 1. The van der Waals surface area contributed by atoms with Crippen LogP contribution in [0.5, 0.6) is 5.75 Å². The lowest BCUT2D eigenvalue weighted by atomic mass is 10.1. The van der Waals surface area contributed by atoms with E-state index in [1.807, 2.05) is 24.3 Å². The molecule has 0 radical (unpaired) electrons. The zero-order valence-corrected chi connectivity index (χ0v) is 14.8. The number of nitrogens with zero attached hydrogens (tertiary/aromatic N) is 1. The van der Waals surface area contributed by atoms with Crippen molar-refractivity contribution in [1.29, 1.82) is 0 Å². The van der Waals surface area contributed by atoms with Crippen LogP contribution in [0.25, 0.3) is 10.9 Å². The van der Waals surface area contributed by atoms with Crippen LogP contribution in [-0.2, 0) is 29.2 Å². The molecule has 6 N–H and O–H groups in total. The van der Waals surface area contributed by atoms with Gasteiger partial charge in [-0.15, -0.1) is 0 Å². The first kappa shape index (κ1) is 20.1. The summed E-state index contributed by atoms with van der Waals surface area (Å²) in [6, 6.07) is 9.33. The minimum absolute atomic E-state index is 0.0871. The summed E-state index contributed by atoms with van der Waals surface area (Å²) in [7, 11) is 0. The zero-order valence-electron chi connectivity index (χ0n) is 14.8. The predicted molar refractivity (Wildman–Crippen MR) is 99.1 cm³/mol. The first-order valence-corrected chi connectivity index (χ1v) is 8.17. The molecule has 0 saturated heterocycles. The van der Waals surface area contributed by atoms with Gasteiger partial charge in [-0.1, -0.05) is 18.2 Å². The van der Waals surface area contributed by atoms with Crippen LogP contribution < -0.4 is 5.73 Å². The average molecular weight is 371 g/mol. The Kier molecular flexibility index (Phi) is 6.64. The molecule has 1 aromatic carbocycles. The van der Waals surface area contributed by atoms with Crippen LogP contribution in [0.15, 0.2) is 36.5 Å². The molecule has 8 heteroatoms. The van der Waals surface area contributed by atoms with Gasteiger partial charge in [0.2, 0.25) is 5.78 Å². The molecule has 0 fully saturated rings. The quantitative estimate of drug-likeness (QED) is 0.426. The molecule has 8 nitrogen and oxygen atoms in total. The van der Waals surface area contributed by atoms with Crippen LogP contribution in [0.1, 0.15) is 22.5 Å². The van der Waals surface area contributed by atoms with Crippen molar-refractivity contribution in [2.45, 2.75) is 26.5 Å². The Hall–Kier alpha value is -3.23. The zero-order chi connectivity index (χ0) is 20.0. The molecule has 0 saturated carbocycles. The van der Waals surface area contributed by atoms with Crippen molar-refractivity contribution in [3.05, 3.63) is 59.0 Å². The fraction of sp³-hybridized carbons (Fsp3) is 0.211. The first-order chi connectivity index (χ1) is 12.9. The van der Waals surface area contributed by atoms with Crippen molar-refractivity contribution in [3.63, 3.8) is 0 Å². The number of nitrogens with one attached hydrogen (secondary N) is 1. The van der Waals surface area contributed by atoms with Crippen LogP contribution in [0.3, 0.4) is 0 Å². The second kappa shape index (κ2) is 8.93. The molecule has 0 aliphatic rings. The van der Waals surface area contributed by atoms with E-state index in [9.17, 15) is 14.7 Å². The van der Waals surface area contributed by atoms with Gasteiger partial charge in [0, 0.05) is 35.1 Å². The van der Waals surface area contributed by atoms with Crippen molar-refractivity contribution >= 4 is 22.7 Å². The van der Waals surface area contributed by atoms with Crippen molar-refractivity contribution in [1.82, 2.24) is 9.97 Å². The van der Waals surface area contributed by atoms with Crippen LogP contribution in [0, 0.1) is 6.92 Å². The van der Waals surface area contributed by atoms with Crippen molar-refractivity contribution in [2.24, 2.45) is 5.73 Å². The number of Topliss-reactive ketones (excluding diaryl/α,β-unsaturated/α-hetero) is 1. The van der Waals surface area contributed by atoms with E-state index in [-0.39, 0.29) is 25.3 Å². The number of rotatable bonds is 5. The van der Waals surface area contributed by atoms with Crippen LogP contribution in [-0.4, -0.2) is 37.0 Å². The molecule has 0 spiro atoms. The van der Waals surface area contributed by atoms with Gasteiger partial charge >= 0.3 is 5.97 Å². The number of para-hydroxylation sites is 1. The van der Waals surface area contributed by atoms with E-state index in [1.54, 1.807) is 13.0 Å². The minimum Gasteiger partial charge on any atom is -0.506 e. The Morgan fingerprint density at radius 1 is 1.26 bits per heavy atom. The van der Waals surface area contributed by atoms with E-state index in [2.05, 4.69) is 9.97 Å². The number of carbonyl (C=O) groups excluding carboxylic acids is 1. The normalized spacial score (nSPS) is 10.3. The van der Waals surface area contributed by atoms with Crippen molar-refractivity contribution < 1.29 is 24.9 Å². The molecule has 0 amide bonds. The number of aliphatic hydroxyl groups is 1. The summed E-state index contributed by atoms with van der Waals surface area (Å²) in [5.74, 6) is -2.11. The van der Waals surface area contributed by atoms with Gasteiger partial charge < -0.3 is 26.0 Å². The van der Waals surface area contributed by atoms with Gasteiger partial charge in [0.1, 0.15) is 5.75 Å². The van der Waals surface area contributed by atoms with Gasteiger partial charge in [-0.3, -0.25) is 9.78 Å². The van der Waals surface area contributed by atoms with Crippen molar-refractivity contribution in [3.8, 4) is 5.75 Å². The third-order valence-electron chi connectivity index (χ3n) is 3.98. The molecule has 3 rings (SSSR count). The number of aliphatic carboxylic acids is 1.